The van der Waals surface area contributed by atoms with Crippen LogP contribution in [0.5, 0.6) is 0 Å². The van der Waals surface area contributed by atoms with Gasteiger partial charge in [-0.2, -0.15) is 0 Å². The van der Waals surface area contributed by atoms with E-state index in [1.54, 1.807) is 25.4 Å². The largest absolute Gasteiger partial charge is 0.466 e. The summed E-state index contributed by atoms with van der Waals surface area (Å²) in [5.41, 5.74) is -0.180. The molecule has 0 aliphatic carbocycles. The van der Waals surface area contributed by atoms with Crippen LogP contribution in [-0.4, -0.2) is 23.9 Å². The van der Waals surface area contributed by atoms with Crippen molar-refractivity contribution < 1.29 is 18.3 Å². The fourth-order valence-electron chi connectivity index (χ4n) is 2.82. The molecule has 0 fully saturated rings. The molecule has 5 nitrogen and oxygen atoms in total. The van der Waals surface area contributed by atoms with E-state index in [4.69, 9.17) is 4.74 Å². The number of halogens is 2. The van der Waals surface area contributed by atoms with Gasteiger partial charge in [0.25, 0.3) is 0 Å². The first kappa shape index (κ1) is 17.2. The molecule has 0 spiro atoms. The van der Waals surface area contributed by atoms with Crippen molar-refractivity contribution in [2.75, 3.05) is 7.11 Å². The molecule has 25 heavy (non-hydrogen) atoms. The minimum Gasteiger partial charge on any atom is -0.466 e. The van der Waals surface area contributed by atoms with Gasteiger partial charge in [0, 0.05) is 17.3 Å². The minimum atomic E-state index is -1.25. The Hall–Kier alpha value is -2.61. The number of amidine groups is 1. The van der Waals surface area contributed by atoms with E-state index in [1.807, 2.05) is 0 Å². The molecule has 1 aliphatic heterocycles. The van der Waals surface area contributed by atoms with Crippen molar-refractivity contribution in [2.45, 2.75) is 19.4 Å². The van der Waals surface area contributed by atoms with Crippen LogP contribution in [0.25, 0.3) is 0 Å². The van der Waals surface area contributed by atoms with Gasteiger partial charge in [-0.05, 0) is 31.5 Å². The predicted molar refractivity (Wildman–Crippen MR) is 90.2 cm³/mol. The van der Waals surface area contributed by atoms with E-state index in [-0.39, 0.29) is 5.57 Å². The van der Waals surface area contributed by atoms with Gasteiger partial charge in [-0.3, -0.25) is 0 Å². The highest BCUT2D eigenvalue weighted by molar-refractivity contribution is 7.11. The lowest BCUT2D eigenvalue weighted by atomic mass is 9.82. The molecule has 8 heteroatoms. The molecule has 2 aromatic rings. The number of allylic oxidation sites excluding steroid dienone is 1. The quantitative estimate of drug-likeness (QED) is 0.851. The zero-order valence-electron chi connectivity index (χ0n) is 13.8. The molecular formula is C17H15F2N3O2S. The van der Waals surface area contributed by atoms with Crippen LogP contribution in [0.4, 0.5) is 8.78 Å². The highest BCUT2D eigenvalue weighted by Gasteiger charge is 2.41. The lowest BCUT2D eigenvalue weighted by molar-refractivity contribution is -0.137. The van der Waals surface area contributed by atoms with Crippen molar-refractivity contribution in [3.8, 4) is 0 Å². The van der Waals surface area contributed by atoms with Gasteiger partial charge in [-0.1, -0.05) is 6.07 Å². The number of hydrogen-bond donors (Lipinski definition) is 1. The average molecular weight is 363 g/mol. The molecule has 1 aromatic carbocycles. The third kappa shape index (κ3) is 2.93. The van der Waals surface area contributed by atoms with Gasteiger partial charge in [0.05, 0.1) is 12.7 Å². The lowest BCUT2D eigenvalue weighted by Crippen LogP contribution is -2.40. The Morgan fingerprint density at radius 2 is 2.08 bits per heavy atom. The van der Waals surface area contributed by atoms with Gasteiger partial charge in [-0.25, -0.2) is 23.6 Å². The molecule has 1 aromatic heterocycles. The summed E-state index contributed by atoms with van der Waals surface area (Å²) in [5, 5.41) is 5.46. The van der Waals surface area contributed by atoms with E-state index in [1.165, 1.54) is 24.5 Å². The molecule has 0 bridgehead atoms. The van der Waals surface area contributed by atoms with Gasteiger partial charge in [0.2, 0.25) is 0 Å². The SMILES string of the molecule is COC(=O)C1=C(C)NC(c2nccs2)=NC1(C)c1ccc(F)c(F)c1. The number of thiazole rings is 1. The molecule has 0 radical (unpaired) electrons. The molecule has 0 amide bonds. The highest BCUT2D eigenvalue weighted by atomic mass is 32.1. The van der Waals surface area contributed by atoms with Crippen molar-refractivity contribution in [2.24, 2.45) is 4.99 Å². The van der Waals surface area contributed by atoms with Gasteiger partial charge in [-0.15, -0.1) is 11.3 Å². The first-order valence-electron chi connectivity index (χ1n) is 7.38. The Morgan fingerprint density at radius 3 is 2.68 bits per heavy atom. The summed E-state index contributed by atoms with van der Waals surface area (Å²) in [6.07, 6.45) is 1.63. The third-order valence-corrected chi connectivity index (χ3v) is 4.79. The number of aliphatic imine (C=N–C) groups is 1. The minimum absolute atomic E-state index is 0.223. The second-order valence-electron chi connectivity index (χ2n) is 5.62. The van der Waals surface area contributed by atoms with E-state index in [2.05, 4.69) is 15.3 Å². The van der Waals surface area contributed by atoms with Crippen molar-refractivity contribution in [3.05, 3.63) is 63.3 Å². The summed E-state index contributed by atoms with van der Waals surface area (Å²) >= 11 is 1.37. The number of rotatable bonds is 3. The summed E-state index contributed by atoms with van der Waals surface area (Å²) in [5.74, 6) is -2.12. The van der Waals surface area contributed by atoms with Crippen LogP contribution in [0.15, 0.2) is 46.0 Å². The normalized spacial score (nSPS) is 20.1. The maximum atomic E-state index is 13.8. The number of carbonyl (C=O) groups excluding carboxylic acids is 1. The summed E-state index contributed by atoms with van der Waals surface area (Å²) < 4.78 is 32.0. The third-order valence-electron chi connectivity index (χ3n) is 4.01. The molecule has 0 saturated carbocycles. The monoisotopic (exact) mass is 363 g/mol. The standard InChI is InChI=1S/C17H15F2N3O2S/c1-9-13(16(23)24-3)17(2,10-4-5-11(18)12(19)8-10)22-14(21-9)15-20-6-7-25-15/h4-8H,1-3H3,(H,21,22). The number of esters is 1. The molecule has 1 N–H and O–H groups in total. The van der Waals surface area contributed by atoms with Crippen LogP contribution in [0.2, 0.25) is 0 Å². The first-order chi connectivity index (χ1) is 11.9. The number of nitrogens with one attached hydrogen (secondary N) is 1. The zero-order chi connectivity index (χ0) is 18.2. The zero-order valence-corrected chi connectivity index (χ0v) is 14.6. The van der Waals surface area contributed by atoms with Gasteiger partial charge in [0.1, 0.15) is 5.54 Å². The molecule has 1 aliphatic rings. The second kappa shape index (κ2) is 6.36. The number of hydrogen-bond acceptors (Lipinski definition) is 6. The van der Waals surface area contributed by atoms with E-state index >= 15 is 0 Å². The van der Waals surface area contributed by atoms with Crippen molar-refractivity contribution in [1.82, 2.24) is 10.3 Å². The average Bonchev–Trinajstić information content (AvgIpc) is 3.11. The van der Waals surface area contributed by atoms with Crippen molar-refractivity contribution in [3.63, 3.8) is 0 Å². The number of carbonyl (C=O) groups is 1. The van der Waals surface area contributed by atoms with E-state index in [0.717, 1.165) is 12.1 Å². The lowest BCUT2D eigenvalue weighted by Gasteiger charge is -2.34. The molecule has 3 rings (SSSR count). The van der Waals surface area contributed by atoms with E-state index in [0.29, 0.717) is 22.1 Å². The number of aromatic nitrogens is 1. The van der Waals surface area contributed by atoms with E-state index in [9.17, 15) is 13.6 Å². The Balaban J connectivity index is 2.22. The van der Waals surface area contributed by atoms with Crippen LogP contribution in [0.1, 0.15) is 24.4 Å². The molecule has 2 heterocycles. The van der Waals surface area contributed by atoms with Crippen LogP contribution >= 0.6 is 11.3 Å². The fourth-order valence-corrected chi connectivity index (χ4v) is 3.40. The van der Waals surface area contributed by atoms with Gasteiger partial charge in [0.15, 0.2) is 22.5 Å². The summed E-state index contributed by atoms with van der Waals surface area (Å²) in [6, 6.07) is 3.46. The van der Waals surface area contributed by atoms with Gasteiger partial charge < -0.3 is 10.1 Å². The Labute approximate surface area is 147 Å². The van der Waals surface area contributed by atoms with E-state index < -0.39 is 23.1 Å². The van der Waals surface area contributed by atoms with Crippen molar-refractivity contribution >= 4 is 23.1 Å². The number of benzene rings is 1. The van der Waals surface area contributed by atoms with Crippen LogP contribution < -0.4 is 5.32 Å². The summed E-state index contributed by atoms with van der Waals surface area (Å²) in [7, 11) is 1.26. The topological polar surface area (TPSA) is 63.6 Å². The highest BCUT2D eigenvalue weighted by Crippen LogP contribution is 2.39. The number of nitrogens with zero attached hydrogens (tertiary/aromatic N) is 2. The number of ether oxygens (including phenoxy) is 1. The number of methoxy groups -OCH3 is 1. The maximum Gasteiger partial charge on any atom is 0.338 e. The molecule has 1 unspecified atom stereocenters. The fraction of sp³-hybridized carbons (Fsp3) is 0.235. The van der Waals surface area contributed by atoms with Crippen LogP contribution in [-0.2, 0) is 15.1 Å². The summed E-state index contributed by atoms with van der Waals surface area (Å²) in [4.78, 5) is 21.2. The molecular weight excluding hydrogens is 348 g/mol. The Morgan fingerprint density at radius 1 is 1.32 bits per heavy atom. The van der Waals surface area contributed by atoms with Crippen molar-refractivity contribution in [1.29, 1.82) is 0 Å². The predicted octanol–water partition coefficient (Wildman–Crippen LogP) is 3.13. The Kier molecular flexibility index (Phi) is 4.38. The Bertz CT molecular complexity index is 893. The first-order valence-corrected chi connectivity index (χ1v) is 8.26. The molecule has 0 saturated heterocycles. The molecule has 1 atom stereocenters. The summed E-state index contributed by atoms with van der Waals surface area (Å²) in [6.45, 7) is 3.36. The smallest absolute Gasteiger partial charge is 0.338 e. The van der Waals surface area contributed by atoms with Crippen LogP contribution in [0.3, 0.4) is 0 Å². The molecule has 130 valence electrons. The van der Waals surface area contributed by atoms with Crippen LogP contribution in [0, 0.1) is 11.6 Å². The van der Waals surface area contributed by atoms with Gasteiger partial charge >= 0.3 is 5.97 Å². The maximum absolute atomic E-state index is 13.8. The second-order valence-corrected chi connectivity index (χ2v) is 6.51.